The fourth-order valence-electron chi connectivity index (χ4n) is 3.39. The van der Waals surface area contributed by atoms with Gasteiger partial charge in [0.1, 0.15) is 5.82 Å². The molecule has 3 rings (SSSR count). The molecule has 1 aromatic carbocycles. The summed E-state index contributed by atoms with van der Waals surface area (Å²) in [6.45, 7) is 3.41. The van der Waals surface area contributed by atoms with Crippen molar-refractivity contribution in [3.05, 3.63) is 51.7 Å². The summed E-state index contributed by atoms with van der Waals surface area (Å²) in [5.74, 6) is 0.847. The molecule has 0 N–H and O–H groups in total. The van der Waals surface area contributed by atoms with E-state index in [2.05, 4.69) is 5.10 Å². The zero-order valence-corrected chi connectivity index (χ0v) is 15.7. The minimum absolute atomic E-state index is 0.106. The molecule has 0 amide bonds. The van der Waals surface area contributed by atoms with Crippen LogP contribution in [-0.4, -0.2) is 46.4 Å². The Hall–Kier alpha value is -1.93. The van der Waals surface area contributed by atoms with Crippen LogP contribution < -0.4 is 5.69 Å². The zero-order chi connectivity index (χ0) is 18.2. The third-order valence-corrected chi connectivity index (χ3v) is 6.08. The maximum Gasteiger partial charge on any atom is 0.345 e. The Bertz CT molecular complexity index is 922. The summed E-state index contributed by atoms with van der Waals surface area (Å²) in [4.78, 5) is 12.5. The third kappa shape index (κ3) is 3.85. The molecule has 1 saturated heterocycles. The molecular formula is C17H24N4O3S. The summed E-state index contributed by atoms with van der Waals surface area (Å²) in [5.41, 5.74) is 2.05. The quantitative estimate of drug-likeness (QED) is 0.813. The normalized spacial score (nSPS) is 17.1. The van der Waals surface area contributed by atoms with Crippen molar-refractivity contribution in [3.8, 4) is 0 Å². The first-order valence-electron chi connectivity index (χ1n) is 8.40. The highest BCUT2D eigenvalue weighted by atomic mass is 32.2. The zero-order valence-electron chi connectivity index (χ0n) is 14.8. The van der Waals surface area contributed by atoms with Gasteiger partial charge in [-0.25, -0.2) is 22.2 Å². The van der Waals surface area contributed by atoms with Crippen LogP contribution >= 0.6 is 0 Å². The van der Waals surface area contributed by atoms with Crippen LogP contribution in [0.2, 0.25) is 0 Å². The highest BCUT2D eigenvalue weighted by molar-refractivity contribution is 7.88. The molecule has 1 fully saturated rings. The summed E-state index contributed by atoms with van der Waals surface area (Å²) in [6.07, 6.45) is 2.60. The van der Waals surface area contributed by atoms with Crippen molar-refractivity contribution >= 4 is 10.0 Å². The van der Waals surface area contributed by atoms with E-state index in [1.807, 2.05) is 31.2 Å². The molecule has 2 heterocycles. The van der Waals surface area contributed by atoms with Gasteiger partial charge in [-0.1, -0.05) is 29.8 Å². The van der Waals surface area contributed by atoms with Crippen LogP contribution in [0.1, 0.15) is 35.7 Å². The van der Waals surface area contributed by atoms with Crippen LogP contribution in [0.15, 0.2) is 29.1 Å². The third-order valence-electron chi connectivity index (χ3n) is 4.78. The second kappa shape index (κ2) is 6.76. The van der Waals surface area contributed by atoms with Crippen LogP contribution in [0.25, 0.3) is 0 Å². The Morgan fingerprint density at radius 2 is 1.92 bits per heavy atom. The monoisotopic (exact) mass is 364 g/mol. The number of hydrogen-bond acceptors (Lipinski definition) is 4. The van der Waals surface area contributed by atoms with E-state index in [0.717, 1.165) is 17.0 Å². The van der Waals surface area contributed by atoms with E-state index >= 15 is 0 Å². The van der Waals surface area contributed by atoms with Crippen molar-refractivity contribution in [2.45, 2.75) is 32.2 Å². The lowest BCUT2D eigenvalue weighted by Crippen LogP contribution is -2.37. The summed E-state index contributed by atoms with van der Waals surface area (Å²) in [6, 6.07) is 8.02. The molecular weight excluding hydrogens is 340 g/mol. The van der Waals surface area contributed by atoms with Crippen molar-refractivity contribution in [2.24, 2.45) is 7.05 Å². The van der Waals surface area contributed by atoms with Gasteiger partial charge in [-0.15, -0.1) is 0 Å². The molecule has 8 heteroatoms. The molecule has 1 aliphatic rings. The van der Waals surface area contributed by atoms with E-state index in [9.17, 15) is 13.2 Å². The van der Waals surface area contributed by atoms with Crippen molar-refractivity contribution in [1.29, 1.82) is 0 Å². The lowest BCUT2D eigenvalue weighted by molar-refractivity contribution is 0.311. The largest absolute Gasteiger partial charge is 0.345 e. The summed E-state index contributed by atoms with van der Waals surface area (Å²) < 4.78 is 27.9. The van der Waals surface area contributed by atoms with Gasteiger partial charge in [0.05, 0.1) is 12.8 Å². The average molecular weight is 364 g/mol. The maximum atomic E-state index is 12.5. The lowest BCUT2D eigenvalue weighted by Gasteiger charge is -2.29. The molecule has 25 heavy (non-hydrogen) atoms. The first-order chi connectivity index (χ1) is 11.8. The van der Waals surface area contributed by atoms with Crippen LogP contribution in [0.3, 0.4) is 0 Å². The number of rotatable bonds is 4. The standard InChI is InChI=1S/C17H24N4O3S/c1-13-5-4-6-14(11-13)12-21-17(22)19(2)16(18-21)15-7-9-20(10-8-15)25(3,23)24/h4-6,11,15H,7-10,12H2,1-3H3. The molecule has 0 spiro atoms. The van der Waals surface area contributed by atoms with E-state index in [1.54, 1.807) is 11.6 Å². The summed E-state index contributed by atoms with van der Waals surface area (Å²) in [5, 5.41) is 4.54. The van der Waals surface area contributed by atoms with Gasteiger partial charge in [0.15, 0.2) is 0 Å². The number of nitrogens with zero attached hydrogens (tertiary/aromatic N) is 4. The van der Waals surface area contributed by atoms with Gasteiger partial charge < -0.3 is 0 Å². The number of aromatic nitrogens is 3. The molecule has 2 aromatic rings. The fraction of sp³-hybridized carbons (Fsp3) is 0.529. The van der Waals surface area contributed by atoms with Crippen molar-refractivity contribution in [1.82, 2.24) is 18.7 Å². The van der Waals surface area contributed by atoms with E-state index in [4.69, 9.17) is 0 Å². The smallest absolute Gasteiger partial charge is 0.282 e. The summed E-state index contributed by atoms with van der Waals surface area (Å²) in [7, 11) is -1.41. The molecule has 0 atom stereocenters. The second-order valence-electron chi connectivity index (χ2n) is 6.78. The maximum absolute atomic E-state index is 12.5. The highest BCUT2D eigenvalue weighted by Crippen LogP contribution is 2.26. The fourth-order valence-corrected chi connectivity index (χ4v) is 4.27. The Morgan fingerprint density at radius 3 is 2.52 bits per heavy atom. The van der Waals surface area contributed by atoms with Crippen molar-refractivity contribution in [3.63, 3.8) is 0 Å². The van der Waals surface area contributed by atoms with E-state index < -0.39 is 10.0 Å². The molecule has 0 radical (unpaired) electrons. The number of sulfonamides is 1. The molecule has 136 valence electrons. The number of piperidine rings is 1. The number of benzene rings is 1. The second-order valence-corrected chi connectivity index (χ2v) is 8.77. The van der Waals surface area contributed by atoms with Gasteiger partial charge in [-0.3, -0.25) is 4.57 Å². The number of aryl methyl sites for hydroxylation is 1. The van der Waals surface area contributed by atoms with Gasteiger partial charge in [-0.05, 0) is 25.3 Å². The Kier molecular flexibility index (Phi) is 4.83. The Balaban J connectivity index is 1.79. The lowest BCUT2D eigenvalue weighted by atomic mass is 9.97. The highest BCUT2D eigenvalue weighted by Gasteiger charge is 2.29. The van der Waals surface area contributed by atoms with Crippen LogP contribution in [0.5, 0.6) is 0 Å². The van der Waals surface area contributed by atoms with Crippen LogP contribution in [0, 0.1) is 6.92 Å². The van der Waals surface area contributed by atoms with E-state index in [1.165, 1.54) is 15.2 Å². The Labute approximate surface area is 147 Å². The van der Waals surface area contributed by atoms with Gasteiger partial charge in [0, 0.05) is 26.1 Å². The summed E-state index contributed by atoms with van der Waals surface area (Å²) >= 11 is 0. The van der Waals surface area contributed by atoms with E-state index in [0.29, 0.717) is 32.5 Å². The van der Waals surface area contributed by atoms with Crippen molar-refractivity contribution < 1.29 is 8.42 Å². The topological polar surface area (TPSA) is 77.2 Å². The van der Waals surface area contributed by atoms with Crippen LogP contribution in [-0.2, 0) is 23.6 Å². The first-order valence-corrected chi connectivity index (χ1v) is 10.2. The Morgan fingerprint density at radius 1 is 1.24 bits per heavy atom. The predicted octanol–water partition coefficient (Wildman–Crippen LogP) is 1.08. The molecule has 1 aromatic heterocycles. The predicted molar refractivity (Wildman–Crippen MR) is 96.1 cm³/mol. The van der Waals surface area contributed by atoms with Crippen LogP contribution in [0.4, 0.5) is 0 Å². The van der Waals surface area contributed by atoms with Gasteiger partial charge in [-0.2, -0.15) is 5.10 Å². The molecule has 0 aliphatic carbocycles. The SMILES string of the molecule is Cc1cccc(Cn2nc(C3CCN(S(C)(=O)=O)CC3)n(C)c2=O)c1. The minimum Gasteiger partial charge on any atom is -0.282 e. The van der Waals surface area contributed by atoms with Crippen molar-refractivity contribution in [2.75, 3.05) is 19.3 Å². The van der Waals surface area contributed by atoms with Gasteiger partial charge in [0.25, 0.3) is 0 Å². The van der Waals surface area contributed by atoms with Gasteiger partial charge >= 0.3 is 5.69 Å². The first kappa shape index (κ1) is 17.9. The molecule has 0 bridgehead atoms. The molecule has 0 saturated carbocycles. The average Bonchev–Trinajstić information content (AvgIpc) is 2.83. The minimum atomic E-state index is -3.15. The molecule has 7 nitrogen and oxygen atoms in total. The van der Waals surface area contributed by atoms with Gasteiger partial charge in [0.2, 0.25) is 10.0 Å². The van der Waals surface area contributed by atoms with E-state index in [-0.39, 0.29) is 11.6 Å². The number of hydrogen-bond donors (Lipinski definition) is 0. The molecule has 1 aliphatic heterocycles. The molecule has 0 unspecified atom stereocenters.